The van der Waals surface area contributed by atoms with Crippen LogP contribution in [-0.4, -0.2) is 264 Å². The van der Waals surface area contributed by atoms with E-state index in [1.54, 1.807) is 102 Å². The Balaban J connectivity index is 0.000000105. The van der Waals surface area contributed by atoms with E-state index in [-0.39, 0.29) is 81.7 Å². The molecule has 15 heterocycles. The minimum Gasteiger partial charge on any atom is -0.421 e. The number of rotatable bonds is 20. The van der Waals surface area contributed by atoms with E-state index in [1.165, 1.54) is 24.3 Å². The van der Waals surface area contributed by atoms with E-state index in [9.17, 15) is 17.6 Å². The molecule has 142 heavy (non-hydrogen) atoms. The van der Waals surface area contributed by atoms with Crippen LogP contribution in [0.2, 0.25) is 0 Å². The number of benzene rings is 4. The van der Waals surface area contributed by atoms with Crippen molar-refractivity contribution in [3.63, 3.8) is 0 Å². The fourth-order valence-corrected chi connectivity index (χ4v) is 21.9. The number of aryl methyl sites for hydroxylation is 1. The molecule has 38 nitrogen and oxygen atoms in total. The number of fused-ring (bicyclic) bond motifs is 12. The van der Waals surface area contributed by atoms with Gasteiger partial charge in [-0.2, -0.15) is 39.9 Å². The molecule has 736 valence electrons. The first kappa shape index (κ1) is 91.7. The highest BCUT2D eigenvalue weighted by molar-refractivity contribution is 5.92. The number of hydrogen-bond acceptors (Lipinski definition) is 38. The molecule has 14 aliphatic rings. The number of hydrogen-bond donors (Lipinski definition) is 8. The van der Waals surface area contributed by atoms with Crippen LogP contribution in [0.15, 0.2) is 98.1 Å². The molecule has 5 atom stereocenters. The van der Waals surface area contributed by atoms with E-state index in [4.69, 9.17) is 96.0 Å². The number of nitrogens with zero attached hydrogens (tertiary/aromatic N) is 23. The van der Waals surface area contributed by atoms with Gasteiger partial charge in [0.15, 0.2) is 23.0 Å². The summed E-state index contributed by atoms with van der Waals surface area (Å²) in [6.07, 6.45) is 22.9. The van der Waals surface area contributed by atoms with Gasteiger partial charge in [0, 0.05) is 225 Å². The van der Waals surface area contributed by atoms with Crippen molar-refractivity contribution in [2.24, 2.45) is 45.1 Å². The van der Waals surface area contributed by atoms with E-state index in [1.807, 2.05) is 6.92 Å². The van der Waals surface area contributed by atoms with Crippen molar-refractivity contribution >= 4 is 63.9 Å². The average Bonchev–Trinajstić information content (AvgIpc) is 1.59. The van der Waals surface area contributed by atoms with Crippen LogP contribution in [0.4, 0.5) is 81.4 Å². The maximum Gasteiger partial charge on any atom is 0.324 e. The van der Waals surface area contributed by atoms with Gasteiger partial charge < -0.3 is 112 Å². The molecule has 8 aromatic heterocycles. The highest BCUT2D eigenvalue weighted by Crippen LogP contribution is 2.59. The zero-order valence-corrected chi connectivity index (χ0v) is 79.6. The summed E-state index contributed by atoms with van der Waals surface area (Å²) in [7, 11) is 7.20. The summed E-state index contributed by atoms with van der Waals surface area (Å²) in [4.78, 5) is 88.6. The number of anilines is 11. The van der Waals surface area contributed by atoms with E-state index in [2.05, 4.69) is 95.4 Å². The lowest BCUT2D eigenvalue weighted by molar-refractivity contribution is 0.122. The first-order chi connectivity index (χ1) is 69.1. The minimum atomic E-state index is -0.295. The van der Waals surface area contributed by atoms with Gasteiger partial charge in [-0.3, -0.25) is 0 Å². The third-order valence-electron chi connectivity index (χ3n) is 30.1. The first-order valence-corrected chi connectivity index (χ1v) is 48.7. The Hall–Kier alpha value is -14.0. The first-order valence-electron chi connectivity index (χ1n) is 48.7. The highest BCUT2D eigenvalue weighted by atomic mass is 19.1. The summed E-state index contributed by atoms with van der Waals surface area (Å²) in [6.45, 7) is 17.3. The molecular weight excluding hydrogens is 1820 g/mol. The minimum absolute atomic E-state index is 0.0878. The second-order valence-corrected chi connectivity index (χ2v) is 38.9. The van der Waals surface area contributed by atoms with Crippen molar-refractivity contribution in [3.05, 3.63) is 172 Å². The van der Waals surface area contributed by atoms with Crippen LogP contribution in [0, 0.1) is 52.4 Å². The van der Waals surface area contributed by atoms with Crippen molar-refractivity contribution in [2.45, 2.75) is 95.7 Å². The summed E-state index contributed by atoms with van der Waals surface area (Å²) < 4.78 is 98.5. The smallest absolute Gasteiger partial charge is 0.324 e. The Morgan fingerprint density at radius 3 is 0.923 bits per heavy atom. The second kappa shape index (κ2) is 37.4. The maximum atomic E-state index is 14.6. The lowest BCUT2D eigenvalue weighted by Gasteiger charge is -2.26. The molecule has 3 saturated carbocycles. The summed E-state index contributed by atoms with van der Waals surface area (Å²) in [5.74, 6) is 6.67. The van der Waals surface area contributed by atoms with Crippen LogP contribution in [-0.2, 0) is 39.9 Å². The molecule has 12 N–H and O–H groups in total. The van der Waals surface area contributed by atoms with Gasteiger partial charge in [-0.1, -0.05) is 0 Å². The molecule has 0 bridgehead atoms. The number of nitrogens with one attached hydrogen (secondary N) is 4. The number of morpholine rings is 3. The molecule has 4 aromatic carbocycles. The van der Waals surface area contributed by atoms with Crippen molar-refractivity contribution in [1.29, 1.82) is 0 Å². The van der Waals surface area contributed by atoms with Gasteiger partial charge in [-0.05, 0) is 157 Å². The molecule has 7 aliphatic heterocycles. The standard InChI is InChI=1S/2C26H29FN8O2.C25H29FN8O2.C23H24FN7O/c1-29-19-9-15(27)8-18-17(19)10-20-22(18)23(35-3-2-26(14-35)11-21(26)28)33-25(32-20)37-16-12-30-24(31-13-16)34-4-6-36-7-5-34;1-29-19-9-15(27)8-18-17(19)10-20-22(18)23(35-13-21(28)26(14-35)2-3-26)33-25(32-20)37-16-11-30-24(31-12-16)34-4-6-36-7-5-34;1-28-20-9-16(26)8-19-18(20)10-21-22(19)23(34-3-2-15(11-27)14-34)32-25(31-21)36-17-12-29-24(30-13-17)33-4-6-35-7-5-33;1-12-27-8-14(9-28-12)32-22-29-18-7-15-16(5-13(24)6-17(15)26-2)20(18)21(30-22)31-10-19(25)23(11-31)3-4-23/h8-9,12-13,21,29H,2-7,10-11,14,28H2,1H3;8-9,11-12,21,29H,2-7,10,13-14,28H2,1H3;8-9,12-13,15,28H,2-7,10-11,14,27H2,1H3;5-6,8-9,19,26H,3-4,7,10-11,25H2,1-2H3/t;21-;;19-/m.0.0/s1. The van der Waals surface area contributed by atoms with E-state index in [0.29, 0.717) is 138 Å². The Labute approximate surface area is 816 Å². The Kier molecular flexibility index (Phi) is 24.2. The summed E-state index contributed by atoms with van der Waals surface area (Å²) >= 11 is 0. The number of halogens is 4. The molecule has 10 fully saturated rings. The van der Waals surface area contributed by atoms with Gasteiger partial charge in [0.2, 0.25) is 17.8 Å². The Bertz CT molecular complexity index is 6820. The molecule has 7 aliphatic carbocycles. The predicted octanol–water partition coefficient (Wildman–Crippen LogP) is 10.6. The van der Waals surface area contributed by atoms with Gasteiger partial charge in [0.25, 0.3) is 0 Å². The van der Waals surface area contributed by atoms with Gasteiger partial charge in [-0.25, -0.2) is 57.4 Å². The summed E-state index contributed by atoms with van der Waals surface area (Å²) in [6, 6.07) is 13.7. The Morgan fingerprint density at radius 2 is 0.648 bits per heavy atom. The molecule has 7 saturated heterocycles. The van der Waals surface area contributed by atoms with Crippen LogP contribution in [0.1, 0.15) is 95.8 Å². The lowest BCUT2D eigenvalue weighted by Crippen LogP contribution is -2.37. The largest absolute Gasteiger partial charge is 0.421 e. The van der Waals surface area contributed by atoms with Crippen molar-refractivity contribution in [2.75, 3.05) is 222 Å². The zero-order chi connectivity index (χ0) is 97.0. The average molecular weight is 1940 g/mol. The van der Waals surface area contributed by atoms with Gasteiger partial charge in [0.05, 0.1) is 112 Å². The molecule has 0 radical (unpaired) electrons. The molecule has 12 aromatic rings. The van der Waals surface area contributed by atoms with Gasteiger partial charge >= 0.3 is 24.0 Å². The van der Waals surface area contributed by atoms with E-state index >= 15 is 0 Å². The fraction of sp³-hybridized carbons (Fsp3) is 0.440. The highest BCUT2D eigenvalue weighted by Gasteiger charge is 2.58. The van der Waals surface area contributed by atoms with Crippen molar-refractivity contribution in [1.82, 2.24) is 79.7 Å². The number of nitrogens with two attached hydrogens (primary N) is 4. The monoisotopic (exact) mass is 1930 g/mol. The van der Waals surface area contributed by atoms with Crippen LogP contribution in [0.3, 0.4) is 0 Å². The van der Waals surface area contributed by atoms with Crippen molar-refractivity contribution in [3.8, 4) is 91.5 Å². The molecule has 3 spiro atoms. The zero-order valence-electron chi connectivity index (χ0n) is 79.6. The van der Waals surface area contributed by atoms with Gasteiger partial charge in [0.1, 0.15) is 52.4 Å². The lowest BCUT2D eigenvalue weighted by atomic mass is 10.0. The third-order valence-corrected chi connectivity index (χ3v) is 30.1. The predicted molar refractivity (Wildman–Crippen MR) is 526 cm³/mol. The number of ether oxygens (including phenoxy) is 7. The topological polar surface area (TPSA) is 446 Å². The maximum absolute atomic E-state index is 14.6. The molecular formula is C100H111F4N31O7. The quantitative estimate of drug-likeness (QED) is 0.0329. The molecule has 0 amide bonds. The van der Waals surface area contributed by atoms with E-state index in [0.717, 1.165) is 259 Å². The van der Waals surface area contributed by atoms with Crippen LogP contribution in [0.5, 0.6) is 47.0 Å². The molecule has 42 heteroatoms. The third kappa shape index (κ3) is 17.7. The van der Waals surface area contributed by atoms with Crippen LogP contribution in [0.25, 0.3) is 44.5 Å². The van der Waals surface area contributed by atoms with E-state index < -0.39 is 0 Å². The van der Waals surface area contributed by atoms with Crippen LogP contribution >= 0.6 is 0 Å². The summed E-state index contributed by atoms with van der Waals surface area (Å²) in [5.41, 5.74) is 42.9. The Morgan fingerprint density at radius 1 is 0.352 bits per heavy atom. The normalized spacial score (nSPS) is 21.0. The van der Waals surface area contributed by atoms with Gasteiger partial charge in [-0.15, -0.1) is 0 Å². The van der Waals surface area contributed by atoms with Crippen LogP contribution < -0.4 is 97.4 Å². The molecule has 3 unspecified atom stereocenters. The fourth-order valence-electron chi connectivity index (χ4n) is 21.9. The van der Waals surface area contributed by atoms with Crippen molar-refractivity contribution < 1.29 is 50.7 Å². The number of aromatic nitrogens is 16. The summed E-state index contributed by atoms with van der Waals surface area (Å²) in [5, 5.41) is 12.5. The SMILES string of the molecule is CNc1cc(F)cc2c1Cc1nc(Oc3cnc(C)nc3)nc(N3C[C@H](N)C4(CC4)C3)c1-2.CNc1cc(F)cc2c1Cc1nc(Oc3cnc(N4CCOCC4)nc3)nc(N3CCC(CN)C3)c1-2.CNc1cc(F)cc2c1Cc1nc(Oc3cnc(N4CCOCC4)nc3)nc(N3CCC4(CC4N)C3)c1-2.CNc1cc(F)cc2c1Cc1nc(Oc3cnc(N4CCOCC4)nc3)nc(N3C[C@H](N)C4(CC4)C3)c1-2. The molecule has 26 rings (SSSR count). The second-order valence-electron chi connectivity index (χ2n) is 38.9.